The maximum absolute atomic E-state index is 10.6. The first-order valence-electron chi connectivity index (χ1n) is 11.7. The Hall–Kier alpha value is -1.26. The predicted octanol–water partition coefficient (Wildman–Crippen LogP) is 4.91. The fraction of sp³-hybridized carbons (Fsp3) is 0.760. The highest BCUT2D eigenvalue weighted by Crippen LogP contribution is 2.53. The first-order chi connectivity index (χ1) is 13.9. The number of phenolic OH excluding ortho intramolecular Hbond substituents is 1. The Labute approximate surface area is 176 Å². The fourth-order valence-corrected chi connectivity index (χ4v) is 5.75. The average Bonchev–Trinajstić information content (AvgIpc) is 3.48. The number of rotatable bonds is 4. The van der Waals surface area contributed by atoms with E-state index >= 15 is 0 Å². The number of hydrogen-bond donors (Lipinski definition) is 1. The summed E-state index contributed by atoms with van der Waals surface area (Å²) in [5.41, 5.74) is 2.36. The van der Waals surface area contributed by atoms with Crippen molar-refractivity contribution < 1.29 is 14.6 Å². The van der Waals surface area contributed by atoms with Crippen LogP contribution in [0.4, 0.5) is 0 Å². The molecule has 0 bridgehead atoms. The van der Waals surface area contributed by atoms with Gasteiger partial charge in [0.25, 0.3) is 0 Å². The molecule has 162 valence electrons. The number of benzene rings is 1. The first kappa shape index (κ1) is 21.0. The Bertz CT molecular complexity index is 731. The minimum atomic E-state index is -0.160. The average molecular weight is 402 g/mol. The molecule has 4 nitrogen and oxygen atoms in total. The summed E-state index contributed by atoms with van der Waals surface area (Å²) in [6, 6.07) is 4.48. The van der Waals surface area contributed by atoms with Gasteiger partial charge in [-0.3, -0.25) is 0 Å². The van der Waals surface area contributed by atoms with Gasteiger partial charge in [-0.1, -0.05) is 26.8 Å². The Balaban J connectivity index is 1.75. The monoisotopic (exact) mass is 401 g/mol. The van der Waals surface area contributed by atoms with Crippen molar-refractivity contribution in [1.82, 2.24) is 4.90 Å². The van der Waals surface area contributed by atoms with Gasteiger partial charge >= 0.3 is 0 Å². The van der Waals surface area contributed by atoms with Crippen LogP contribution < -0.4 is 4.74 Å². The standard InChI is InChI=1S/C25H39NO3/c1-6-19-11-12-20(27)23-21(19)25(4)13-14-26(15-18-9-10-18)17(3)8-7-16(2)22(28-5)24(25)29-23/h11-12,16-18,22,24,27H,6-10,13-15H2,1-5H3/t16-,17?,22?,24-,25?/m0/s1. The third-order valence-corrected chi connectivity index (χ3v) is 7.95. The third-order valence-electron chi connectivity index (χ3n) is 7.95. The summed E-state index contributed by atoms with van der Waals surface area (Å²) in [6.07, 6.45) is 7.07. The lowest BCUT2D eigenvalue weighted by molar-refractivity contribution is -0.0580. The number of methoxy groups -OCH3 is 1. The molecule has 2 aliphatic heterocycles. The molecule has 29 heavy (non-hydrogen) atoms. The second kappa shape index (κ2) is 8.11. The molecule has 1 aliphatic carbocycles. The molecule has 1 aromatic rings. The number of aryl methyl sites for hydroxylation is 1. The van der Waals surface area contributed by atoms with Crippen molar-refractivity contribution >= 4 is 0 Å². The number of fused-ring (bicyclic) bond motifs is 3. The molecule has 3 aliphatic rings. The van der Waals surface area contributed by atoms with Gasteiger partial charge in [-0.15, -0.1) is 0 Å². The smallest absolute Gasteiger partial charge is 0.165 e. The summed E-state index contributed by atoms with van der Waals surface area (Å²) < 4.78 is 12.6. The van der Waals surface area contributed by atoms with E-state index in [1.165, 1.54) is 36.9 Å². The molecule has 1 saturated carbocycles. The summed E-state index contributed by atoms with van der Waals surface area (Å²) in [6.45, 7) is 11.6. The van der Waals surface area contributed by atoms with E-state index in [1.807, 2.05) is 7.11 Å². The molecular weight excluding hydrogens is 362 g/mol. The van der Waals surface area contributed by atoms with E-state index in [0.29, 0.717) is 17.7 Å². The molecule has 0 aromatic heterocycles. The minimum absolute atomic E-state index is 0.0266. The first-order valence-corrected chi connectivity index (χ1v) is 11.7. The van der Waals surface area contributed by atoms with E-state index in [9.17, 15) is 5.11 Å². The van der Waals surface area contributed by atoms with Crippen LogP contribution in [-0.2, 0) is 16.6 Å². The van der Waals surface area contributed by atoms with Gasteiger partial charge in [0.15, 0.2) is 11.5 Å². The number of ether oxygens (including phenoxy) is 2. The highest BCUT2D eigenvalue weighted by atomic mass is 16.5. The van der Waals surface area contributed by atoms with Gasteiger partial charge < -0.3 is 19.5 Å². The molecular formula is C25H39NO3. The second-order valence-corrected chi connectivity index (χ2v) is 10.0. The normalized spacial score (nSPS) is 35.6. The van der Waals surface area contributed by atoms with Crippen molar-refractivity contribution in [3.8, 4) is 11.5 Å². The van der Waals surface area contributed by atoms with E-state index in [1.54, 1.807) is 6.07 Å². The van der Waals surface area contributed by atoms with Crippen molar-refractivity contribution in [2.75, 3.05) is 20.2 Å². The van der Waals surface area contributed by atoms with Crippen molar-refractivity contribution in [3.05, 3.63) is 23.3 Å². The zero-order valence-electron chi connectivity index (χ0n) is 18.9. The summed E-state index contributed by atoms with van der Waals surface area (Å²) in [4.78, 5) is 2.73. The molecule has 2 heterocycles. The van der Waals surface area contributed by atoms with Crippen molar-refractivity contribution in [1.29, 1.82) is 0 Å². The molecule has 4 heteroatoms. The highest BCUT2D eigenvalue weighted by molar-refractivity contribution is 5.57. The minimum Gasteiger partial charge on any atom is -0.504 e. The second-order valence-electron chi connectivity index (χ2n) is 10.0. The Morgan fingerprint density at radius 2 is 1.97 bits per heavy atom. The van der Waals surface area contributed by atoms with Crippen LogP contribution in [0.5, 0.6) is 11.5 Å². The maximum atomic E-state index is 10.6. The van der Waals surface area contributed by atoms with Gasteiger partial charge in [0, 0.05) is 30.7 Å². The number of phenols is 1. The molecule has 0 spiro atoms. The van der Waals surface area contributed by atoms with Gasteiger partial charge in [-0.25, -0.2) is 0 Å². The van der Waals surface area contributed by atoms with Crippen LogP contribution in [0.1, 0.15) is 70.9 Å². The Morgan fingerprint density at radius 3 is 2.62 bits per heavy atom. The van der Waals surface area contributed by atoms with Crippen molar-refractivity contribution in [2.24, 2.45) is 11.8 Å². The molecule has 2 fully saturated rings. The Kier molecular flexibility index (Phi) is 5.87. The number of hydrogen-bond acceptors (Lipinski definition) is 4. The maximum Gasteiger partial charge on any atom is 0.165 e. The zero-order valence-corrected chi connectivity index (χ0v) is 18.9. The van der Waals surface area contributed by atoms with Crippen LogP contribution in [0.2, 0.25) is 0 Å². The van der Waals surface area contributed by atoms with E-state index in [4.69, 9.17) is 9.47 Å². The molecule has 3 unspecified atom stereocenters. The lowest BCUT2D eigenvalue weighted by Gasteiger charge is -2.42. The van der Waals surface area contributed by atoms with Gasteiger partial charge in [-0.2, -0.15) is 0 Å². The van der Waals surface area contributed by atoms with Gasteiger partial charge in [0.1, 0.15) is 6.10 Å². The van der Waals surface area contributed by atoms with Crippen LogP contribution in [0.15, 0.2) is 12.1 Å². The molecule has 1 aromatic carbocycles. The molecule has 1 saturated heterocycles. The lowest BCUT2D eigenvalue weighted by Crippen LogP contribution is -2.51. The quantitative estimate of drug-likeness (QED) is 0.778. The predicted molar refractivity (Wildman–Crippen MR) is 117 cm³/mol. The van der Waals surface area contributed by atoms with E-state index in [-0.39, 0.29) is 23.4 Å². The van der Waals surface area contributed by atoms with Crippen molar-refractivity contribution in [2.45, 2.75) is 89.9 Å². The lowest BCUT2D eigenvalue weighted by atomic mass is 9.70. The SMILES string of the molecule is CCc1ccc(O)c2c1C1(C)CCN(CC3CC3)C(C)CC[C@H](C)C(OC)[C@@H]1O2. The molecule has 0 amide bonds. The summed E-state index contributed by atoms with van der Waals surface area (Å²) >= 11 is 0. The largest absolute Gasteiger partial charge is 0.504 e. The zero-order chi connectivity index (χ0) is 20.8. The topological polar surface area (TPSA) is 41.9 Å². The third kappa shape index (κ3) is 3.79. The van der Waals surface area contributed by atoms with E-state index < -0.39 is 0 Å². The van der Waals surface area contributed by atoms with Crippen LogP contribution in [-0.4, -0.2) is 48.5 Å². The van der Waals surface area contributed by atoms with Crippen LogP contribution in [0.25, 0.3) is 0 Å². The van der Waals surface area contributed by atoms with Crippen molar-refractivity contribution in [3.63, 3.8) is 0 Å². The Morgan fingerprint density at radius 1 is 1.21 bits per heavy atom. The molecule has 4 rings (SSSR count). The molecule has 5 atom stereocenters. The highest BCUT2D eigenvalue weighted by Gasteiger charge is 2.52. The van der Waals surface area contributed by atoms with Gasteiger partial charge in [-0.05, 0) is 75.5 Å². The summed E-state index contributed by atoms with van der Waals surface area (Å²) in [5.74, 6) is 2.28. The van der Waals surface area contributed by atoms with Gasteiger partial charge in [0.05, 0.1) is 6.10 Å². The van der Waals surface area contributed by atoms with Crippen LogP contribution in [0, 0.1) is 11.8 Å². The summed E-state index contributed by atoms with van der Waals surface area (Å²) in [5, 5.41) is 10.6. The number of aromatic hydroxyl groups is 1. The fourth-order valence-electron chi connectivity index (χ4n) is 5.75. The van der Waals surface area contributed by atoms with Crippen LogP contribution in [0.3, 0.4) is 0 Å². The van der Waals surface area contributed by atoms with Gasteiger partial charge in [0.2, 0.25) is 0 Å². The molecule has 1 N–H and O–H groups in total. The van der Waals surface area contributed by atoms with Crippen LogP contribution >= 0.6 is 0 Å². The van der Waals surface area contributed by atoms with E-state index in [0.717, 1.165) is 31.7 Å². The number of nitrogens with zero attached hydrogens (tertiary/aromatic N) is 1. The molecule has 0 radical (unpaired) electrons. The van der Waals surface area contributed by atoms with E-state index in [2.05, 4.69) is 38.7 Å². The summed E-state index contributed by atoms with van der Waals surface area (Å²) in [7, 11) is 1.82.